The van der Waals surface area contributed by atoms with Gasteiger partial charge in [0.25, 0.3) is 0 Å². The number of benzene rings is 2. The number of nitrogens with zero attached hydrogens (tertiary/aromatic N) is 3. The van der Waals surface area contributed by atoms with Crippen molar-refractivity contribution in [3.8, 4) is 0 Å². The van der Waals surface area contributed by atoms with Crippen LogP contribution in [0.5, 0.6) is 0 Å². The van der Waals surface area contributed by atoms with Crippen molar-refractivity contribution in [1.82, 2.24) is 5.01 Å². The number of amides is 4. The number of urea groups is 1. The molecule has 0 aliphatic carbocycles. The Labute approximate surface area is 184 Å². The summed E-state index contributed by atoms with van der Waals surface area (Å²) >= 11 is 5.86. The van der Waals surface area contributed by atoms with Gasteiger partial charge in [-0.2, -0.15) is 5.10 Å². The van der Waals surface area contributed by atoms with Crippen molar-refractivity contribution >= 4 is 52.7 Å². The van der Waals surface area contributed by atoms with Crippen LogP contribution in [-0.4, -0.2) is 41.7 Å². The van der Waals surface area contributed by atoms with Crippen molar-refractivity contribution in [1.29, 1.82) is 0 Å². The van der Waals surface area contributed by atoms with E-state index in [1.807, 2.05) is 12.1 Å². The lowest BCUT2D eigenvalue weighted by atomic mass is 10.1. The highest BCUT2D eigenvalue weighted by Gasteiger charge is 2.33. The number of nitrogens with one attached hydrogen (secondary N) is 2. The molecule has 9 heteroatoms. The van der Waals surface area contributed by atoms with E-state index in [4.69, 9.17) is 11.6 Å². The molecule has 0 spiro atoms. The third-order valence-corrected chi connectivity index (χ3v) is 5.46. The summed E-state index contributed by atoms with van der Waals surface area (Å²) in [5.41, 5.74) is 1.96. The van der Waals surface area contributed by atoms with Gasteiger partial charge in [0.05, 0.1) is 0 Å². The van der Waals surface area contributed by atoms with Crippen LogP contribution in [0.2, 0.25) is 5.02 Å². The van der Waals surface area contributed by atoms with E-state index in [-0.39, 0.29) is 11.8 Å². The quantitative estimate of drug-likeness (QED) is 0.751. The highest BCUT2D eigenvalue weighted by Crippen LogP contribution is 2.24. The molecule has 8 nitrogen and oxygen atoms in total. The number of anilines is 3. The van der Waals surface area contributed by atoms with Crippen molar-refractivity contribution in [2.75, 3.05) is 22.1 Å². The van der Waals surface area contributed by atoms with Crippen LogP contribution in [-0.2, 0) is 9.59 Å². The van der Waals surface area contributed by atoms with Gasteiger partial charge in [-0.1, -0.05) is 11.6 Å². The molecule has 1 atom stereocenters. The van der Waals surface area contributed by atoms with Crippen LogP contribution < -0.4 is 15.5 Å². The Morgan fingerprint density at radius 1 is 0.968 bits per heavy atom. The monoisotopic (exact) mass is 439 g/mol. The fourth-order valence-corrected chi connectivity index (χ4v) is 3.70. The molecule has 1 saturated heterocycles. The SMILES string of the molecule is O=C(Nc1ccc(N2CCCCC2=O)cc1)C1CC=NN1C(=O)Nc1ccc(Cl)cc1. The summed E-state index contributed by atoms with van der Waals surface area (Å²) < 4.78 is 0. The fourth-order valence-electron chi connectivity index (χ4n) is 3.57. The van der Waals surface area contributed by atoms with Crippen molar-refractivity contribution in [3.05, 3.63) is 53.6 Å². The molecular weight excluding hydrogens is 418 g/mol. The zero-order valence-electron chi connectivity index (χ0n) is 16.8. The molecule has 160 valence electrons. The molecule has 0 radical (unpaired) electrons. The number of hydrogen-bond donors (Lipinski definition) is 2. The van der Waals surface area contributed by atoms with E-state index >= 15 is 0 Å². The third kappa shape index (κ3) is 4.86. The summed E-state index contributed by atoms with van der Waals surface area (Å²) in [5, 5.41) is 11.3. The van der Waals surface area contributed by atoms with Gasteiger partial charge >= 0.3 is 6.03 Å². The standard InChI is InChI=1S/C22H22ClN5O3/c23-15-4-6-17(7-5-15)26-22(31)28-19(12-13-24-28)21(30)25-16-8-10-18(11-9-16)27-14-2-1-3-20(27)29/h4-11,13,19H,1-3,12,14H2,(H,25,30)(H,26,31). The molecule has 0 saturated carbocycles. The average molecular weight is 440 g/mol. The molecule has 2 aliphatic heterocycles. The van der Waals surface area contributed by atoms with Gasteiger partial charge in [0.1, 0.15) is 6.04 Å². The molecule has 0 aromatic heterocycles. The average Bonchev–Trinajstić information content (AvgIpc) is 3.27. The van der Waals surface area contributed by atoms with Crippen LogP contribution in [0, 0.1) is 0 Å². The summed E-state index contributed by atoms with van der Waals surface area (Å²) in [7, 11) is 0. The lowest BCUT2D eigenvalue weighted by Crippen LogP contribution is -2.43. The van der Waals surface area contributed by atoms with Crippen molar-refractivity contribution < 1.29 is 14.4 Å². The molecule has 31 heavy (non-hydrogen) atoms. The molecular formula is C22H22ClN5O3. The topological polar surface area (TPSA) is 94.1 Å². The molecule has 2 N–H and O–H groups in total. The Bertz CT molecular complexity index is 1010. The predicted octanol–water partition coefficient (Wildman–Crippen LogP) is 4.09. The summed E-state index contributed by atoms with van der Waals surface area (Å²) in [4.78, 5) is 39.2. The largest absolute Gasteiger partial charge is 0.343 e. The predicted molar refractivity (Wildman–Crippen MR) is 120 cm³/mol. The van der Waals surface area contributed by atoms with Crippen LogP contribution in [0.3, 0.4) is 0 Å². The smallest absolute Gasteiger partial charge is 0.324 e. The molecule has 1 fully saturated rings. The Morgan fingerprint density at radius 3 is 2.35 bits per heavy atom. The van der Waals surface area contributed by atoms with Crippen molar-refractivity contribution in [3.63, 3.8) is 0 Å². The number of rotatable bonds is 4. The maximum Gasteiger partial charge on any atom is 0.343 e. The summed E-state index contributed by atoms with van der Waals surface area (Å²) in [5.74, 6) is -0.223. The lowest BCUT2D eigenvalue weighted by Gasteiger charge is -2.27. The third-order valence-electron chi connectivity index (χ3n) is 5.21. The van der Waals surface area contributed by atoms with E-state index in [1.54, 1.807) is 41.3 Å². The van der Waals surface area contributed by atoms with E-state index in [0.717, 1.165) is 23.5 Å². The Balaban J connectivity index is 1.37. The van der Waals surface area contributed by atoms with Crippen LogP contribution in [0.4, 0.5) is 21.9 Å². The van der Waals surface area contributed by atoms with Crippen molar-refractivity contribution in [2.24, 2.45) is 5.10 Å². The number of hydrogen-bond acceptors (Lipinski definition) is 4. The normalized spacial score (nSPS) is 18.2. The highest BCUT2D eigenvalue weighted by atomic mass is 35.5. The van der Waals surface area contributed by atoms with Gasteiger partial charge in [-0.25, -0.2) is 9.80 Å². The first-order valence-electron chi connectivity index (χ1n) is 10.1. The Morgan fingerprint density at radius 2 is 1.65 bits per heavy atom. The van der Waals surface area contributed by atoms with Gasteiger partial charge in [-0.15, -0.1) is 0 Å². The number of hydrazone groups is 1. The van der Waals surface area contributed by atoms with Gasteiger partial charge in [0.15, 0.2) is 0 Å². The second kappa shape index (κ2) is 9.18. The maximum absolute atomic E-state index is 12.8. The van der Waals surface area contributed by atoms with Crippen LogP contribution in [0.1, 0.15) is 25.7 Å². The number of carbonyl (C=O) groups excluding carboxylic acids is 3. The van der Waals surface area contributed by atoms with E-state index in [9.17, 15) is 14.4 Å². The molecule has 2 aromatic carbocycles. The molecule has 0 bridgehead atoms. The number of carbonyl (C=O) groups is 3. The molecule has 2 heterocycles. The van der Waals surface area contributed by atoms with Gasteiger partial charge in [0.2, 0.25) is 11.8 Å². The first kappa shape index (κ1) is 20.9. The van der Waals surface area contributed by atoms with Gasteiger partial charge in [0, 0.05) is 47.7 Å². The van der Waals surface area contributed by atoms with E-state index < -0.39 is 12.1 Å². The minimum Gasteiger partial charge on any atom is -0.324 e. The molecule has 2 aliphatic rings. The van der Waals surface area contributed by atoms with Gasteiger partial charge in [-0.05, 0) is 61.4 Å². The minimum absolute atomic E-state index is 0.119. The van der Waals surface area contributed by atoms with E-state index in [1.165, 1.54) is 6.21 Å². The van der Waals surface area contributed by atoms with Crippen LogP contribution in [0.25, 0.3) is 0 Å². The van der Waals surface area contributed by atoms with Crippen LogP contribution >= 0.6 is 11.6 Å². The Hall–Kier alpha value is -3.39. The summed E-state index contributed by atoms with van der Waals surface area (Å²) in [6.07, 6.45) is 4.33. The van der Waals surface area contributed by atoms with Gasteiger partial charge in [-0.3, -0.25) is 9.59 Å². The summed E-state index contributed by atoms with van der Waals surface area (Å²) in [6.45, 7) is 0.710. The fraction of sp³-hybridized carbons (Fsp3) is 0.273. The zero-order chi connectivity index (χ0) is 21.8. The molecule has 4 rings (SSSR count). The second-order valence-corrected chi connectivity index (χ2v) is 7.81. The van der Waals surface area contributed by atoms with E-state index in [2.05, 4.69) is 15.7 Å². The Kier molecular flexibility index (Phi) is 6.18. The van der Waals surface area contributed by atoms with Crippen molar-refractivity contribution in [2.45, 2.75) is 31.7 Å². The number of halogens is 1. The highest BCUT2D eigenvalue weighted by molar-refractivity contribution is 6.30. The molecule has 2 aromatic rings. The van der Waals surface area contributed by atoms with Crippen LogP contribution in [0.15, 0.2) is 53.6 Å². The molecule has 1 unspecified atom stereocenters. The first-order valence-corrected chi connectivity index (χ1v) is 10.5. The lowest BCUT2D eigenvalue weighted by molar-refractivity contribution is -0.120. The number of piperidine rings is 1. The molecule has 4 amide bonds. The zero-order valence-corrected chi connectivity index (χ0v) is 17.5. The minimum atomic E-state index is -0.754. The maximum atomic E-state index is 12.8. The summed E-state index contributed by atoms with van der Waals surface area (Å²) in [6, 6.07) is 12.5. The first-order chi connectivity index (χ1) is 15.0. The van der Waals surface area contributed by atoms with Gasteiger partial charge < -0.3 is 15.5 Å². The second-order valence-electron chi connectivity index (χ2n) is 7.37. The van der Waals surface area contributed by atoms with E-state index in [0.29, 0.717) is 35.8 Å².